The highest BCUT2D eigenvalue weighted by Crippen LogP contribution is 2.30. The average molecular weight is 418 g/mol. The van der Waals surface area contributed by atoms with Crippen LogP contribution in [0.5, 0.6) is 0 Å². The van der Waals surface area contributed by atoms with Gasteiger partial charge in [-0.1, -0.05) is 18.2 Å². The summed E-state index contributed by atoms with van der Waals surface area (Å²) in [5.41, 5.74) is 0.702. The van der Waals surface area contributed by atoms with E-state index in [1.165, 1.54) is 24.5 Å². The molecule has 0 saturated carbocycles. The summed E-state index contributed by atoms with van der Waals surface area (Å²) in [4.78, 5) is 24.7. The first-order chi connectivity index (χ1) is 14.3. The fourth-order valence-corrected chi connectivity index (χ4v) is 3.59. The number of fused-ring (bicyclic) bond motifs is 1. The molecular formula is C21H18F4N4O. The van der Waals surface area contributed by atoms with Crippen LogP contribution in [0.1, 0.15) is 21.5 Å². The first-order valence-corrected chi connectivity index (χ1v) is 9.39. The van der Waals surface area contributed by atoms with Crippen molar-refractivity contribution in [2.75, 3.05) is 26.2 Å². The topological polar surface area (TPSA) is 49.3 Å². The Kier molecular flexibility index (Phi) is 5.38. The smallest absolute Gasteiger partial charge is 0.336 e. The van der Waals surface area contributed by atoms with E-state index in [0.29, 0.717) is 49.3 Å². The minimum atomic E-state index is -4.38. The second-order valence-electron chi connectivity index (χ2n) is 7.14. The lowest BCUT2D eigenvalue weighted by Crippen LogP contribution is -2.48. The van der Waals surface area contributed by atoms with Crippen LogP contribution in [-0.2, 0) is 12.7 Å². The number of aromatic nitrogens is 2. The number of hydrogen-bond acceptors (Lipinski definition) is 4. The highest BCUT2D eigenvalue weighted by Gasteiger charge is 2.30. The predicted octanol–water partition coefficient (Wildman–Crippen LogP) is 3.75. The van der Waals surface area contributed by atoms with E-state index in [1.807, 2.05) is 4.90 Å². The molecule has 0 radical (unpaired) electrons. The van der Waals surface area contributed by atoms with Gasteiger partial charge in [0.15, 0.2) is 0 Å². The fraction of sp³-hybridized carbons (Fsp3) is 0.286. The standard InChI is InChI=1S/C21H18F4N4O/c22-16-11-17(19-18(12-16)26-4-5-27-19)20(30)29-8-6-28(7-9-29)13-14-2-1-3-15(10-14)21(23,24)25/h1-5,10-12H,6-9,13H2. The summed E-state index contributed by atoms with van der Waals surface area (Å²) in [5, 5.41) is 0. The van der Waals surface area contributed by atoms with Crippen molar-refractivity contribution >= 4 is 16.9 Å². The Labute approximate surface area is 170 Å². The monoisotopic (exact) mass is 418 g/mol. The van der Waals surface area contributed by atoms with Crippen molar-refractivity contribution in [2.24, 2.45) is 0 Å². The van der Waals surface area contributed by atoms with E-state index in [0.717, 1.165) is 18.2 Å². The summed E-state index contributed by atoms with van der Waals surface area (Å²) in [6.45, 7) is 2.13. The molecule has 3 aromatic rings. The van der Waals surface area contributed by atoms with Gasteiger partial charge in [0.1, 0.15) is 11.3 Å². The Morgan fingerprint density at radius 2 is 1.73 bits per heavy atom. The second kappa shape index (κ2) is 7.98. The molecule has 4 rings (SSSR count). The number of amides is 1. The number of carbonyl (C=O) groups is 1. The van der Waals surface area contributed by atoms with Crippen LogP contribution in [0.2, 0.25) is 0 Å². The van der Waals surface area contributed by atoms with Gasteiger partial charge in [-0.15, -0.1) is 0 Å². The van der Waals surface area contributed by atoms with Gasteiger partial charge >= 0.3 is 6.18 Å². The Bertz CT molecular complexity index is 1080. The van der Waals surface area contributed by atoms with Gasteiger partial charge in [-0.3, -0.25) is 19.7 Å². The molecule has 0 unspecified atom stereocenters. The van der Waals surface area contributed by atoms with Crippen LogP contribution in [-0.4, -0.2) is 51.9 Å². The first kappa shape index (κ1) is 20.2. The summed E-state index contributed by atoms with van der Waals surface area (Å²) in [7, 11) is 0. The lowest BCUT2D eigenvalue weighted by molar-refractivity contribution is -0.137. The zero-order valence-electron chi connectivity index (χ0n) is 15.9. The summed E-state index contributed by atoms with van der Waals surface area (Å²) in [5.74, 6) is -0.895. The maximum atomic E-state index is 13.9. The first-order valence-electron chi connectivity index (χ1n) is 9.39. The molecule has 156 valence electrons. The Morgan fingerprint density at radius 1 is 1.00 bits per heavy atom. The lowest BCUT2D eigenvalue weighted by Gasteiger charge is -2.35. The maximum absolute atomic E-state index is 13.9. The molecular weight excluding hydrogens is 400 g/mol. The number of benzene rings is 2. The lowest BCUT2D eigenvalue weighted by atomic mass is 10.1. The molecule has 5 nitrogen and oxygen atoms in total. The van der Waals surface area contributed by atoms with E-state index < -0.39 is 17.6 Å². The summed E-state index contributed by atoms with van der Waals surface area (Å²) in [6, 6.07) is 7.64. The average Bonchev–Trinajstić information content (AvgIpc) is 2.73. The van der Waals surface area contributed by atoms with Gasteiger partial charge in [0.2, 0.25) is 0 Å². The Balaban J connectivity index is 1.44. The summed E-state index contributed by atoms with van der Waals surface area (Å²) >= 11 is 0. The van der Waals surface area contributed by atoms with Crippen LogP contribution in [0.25, 0.3) is 11.0 Å². The quantitative estimate of drug-likeness (QED) is 0.608. The van der Waals surface area contributed by atoms with E-state index in [9.17, 15) is 22.4 Å². The van der Waals surface area contributed by atoms with E-state index in [1.54, 1.807) is 11.0 Å². The van der Waals surface area contributed by atoms with Crippen LogP contribution < -0.4 is 0 Å². The molecule has 1 aliphatic heterocycles. The third-order valence-corrected chi connectivity index (χ3v) is 5.09. The molecule has 0 N–H and O–H groups in total. The molecule has 1 amide bonds. The van der Waals surface area contributed by atoms with Crippen molar-refractivity contribution in [1.29, 1.82) is 0 Å². The minimum absolute atomic E-state index is 0.157. The summed E-state index contributed by atoms with van der Waals surface area (Å²) < 4.78 is 52.6. The largest absolute Gasteiger partial charge is 0.416 e. The summed E-state index contributed by atoms with van der Waals surface area (Å²) in [6.07, 6.45) is -1.50. The SMILES string of the molecule is O=C(c1cc(F)cc2nccnc12)N1CCN(Cc2cccc(C(F)(F)F)c2)CC1. The molecule has 1 aliphatic rings. The zero-order valence-corrected chi connectivity index (χ0v) is 15.9. The van der Waals surface area contributed by atoms with Crippen LogP contribution in [0.15, 0.2) is 48.8 Å². The molecule has 1 saturated heterocycles. The molecule has 0 bridgehead atoms. The van der Waals surface area contributed by atoms with Crippen LogP contribution >= 0.6 is 0 Å². The van der Waals surface area contributed by atoms with Crippen molar-refractivity contribution in [2.45, 2.75) is 12.7 Å². The van der Waals surface area contributed by atoms with Gasteiger partial charge in [-0.25, -0.2) is 4.39 Å². The van der Waals surface area contributed by atoms with E-state index in [2.05, 4.69) is 9.97 Å². The van der Waals surface area contributed by atoms with Crippen LogP contribution in [0.3, 0.4) is 0 Å². The van der Waals surface area contributed by atoms with Gasteiger partial charge in [0.05, 0.1) is 16.6 Å². The number of carbonyl (C=O) groups excluding carboxylic acids is 1. The van der Waals surface area contributed by atoms with Gasteiger partial charge in [0.25, 0.3) is 5.91 Å². The van der Waals surface area contributed by atoms with Crippen molar-refractivity contribution in [3.8, 4) is 0 Å². The van der Waals surface area contributed by atoms with E-state index >= 15 is 0 Å². The highest BCUT2D eigenvalue weighted by atomic mass is 19.4. The van der Waals surface area contributed by atoms with Gasteiger partial charge in [-0.2, -0.15) is 13.2 Å². The van der Waals surface area contributed by atoms with Gasteiger partial charge in [-0.05, 0) is 17.7 Å². The normalized spacial score (nSPS) is 15.5. The maximum Gasteiger partial charge on any atom is 0.416 e. The molecule has 0 aliphatic carbocycles. The number of hydrogen-bond donors (Lipinski definition) is 0. The van der Waals surface area contributed by atoms with Crippen molar-refractivity contribution < 1.29 is 22.4 Å². The number of piperazine rings is 1. The molecule has 2 aromatic carbocycles. The third-order valence-electron chi connectivity index (χ3n) is 5.09. The molecule has 1 aromatic heterocycles. The molecule has 0 spiro atoms. The van der Waals surface area contributed by atoms with Crippen molar-refractivity contribution in [1.82, 2.24) is 19.8 Å². The zero-order chi connectivity index (χ0) is 21.3. The number of halogens is 4. The number of rotatable bonds is 3. The third kappa shape index (κ3) is 4.25. The molecule has 30 heavy (non-hydrogen) atoms. The van der Waals surface area contributed by atoms with E-state index in [-0.39, 0.29) is 11.5 Å². The van der Waals surface area contributed by atoms with Gasteiger partial charge < -0.3 is 4.90 Å². The van der Waals surface area contributed by atoms with Crippen LogP contribution in [0.4, 0.5) is 17.6 Å². The van der Waals surface area contributed by atoms with Crippen molar-refractivity contribution in [3.63, 3.8) is 0 Å². The molecule has 9 heteroatoms. The highest BCUT2D eigenvalue weighted by molar-refractivity contribution is 6.04. The van der Waals surface area contributed by atoms with Crippen LogP contribution in [0, 0.1) is 5.82 Å². The number of nitrogens with zero attached hydrogens (tertiary/aromatic N) is 4. The fourth-order valence-electron chi connectivity index (χ4n) is 3.59. The number of alkyl halides is 3. The molecule has 0 atom stereocenters. The van der Waals surface area contributed by atoms with Gasteiger partial charge in [0, 0.05) is 51.2 Å². The predicted molar refractivity (Wildman–Crippen MR) is 102 cm³/mol. The second-order valence-corrected chi connectivity index (χ2v) is 7.14. The minimum Gasteiger partial charge on any atom is -0.336 e. The molecule has 1 fully saturated rings. The Morgan fingerprint density at radius 3 is 2.47 bits per heavy atom. The van der Waals surface area contributed by atoms with Crippen molar-refractivity contribution in [3.05, 3.63) is 71.3 Å². The molecule has 2 heterocycles. The Hall–Kier alpha value is -3.07. The van der Waals surface area contributed by atoms with E-state index in [4.69, 9.17) is 0 Å².